The van der Waals surface area contributed by atoms with Crippen molar-refractivity contribution in [3.63, 3.8) is 0 Å². The summed E-state index contributed by atoms with van der Waals surface area (Å²) in [5, 5.41) is 3.07. The topological polar surface area (TPSA) is 55.4 Å². The molecule has 0 bridgehead atoms. The molecule has 7 heteroatoms. The zero-order chi connectivity index (χ0) is 17.0. The van der Waals surface area contributed by atoms with Gasteiger partial charge in [0.25, 0.3) is 5.91 Å². The van der Waals surface area contributed by atoms with Gasteiger partial charge in [-0.2, -0.15) is 0 Å². The number of anilines is 1. The minimum absolute atomic E-state index is 0.307. The molecule has 0 radical (unpaired) electrons. The van der Waals surface area contributed by atoms with Gasteiger partial charge in [-0.25, -0.2) is 13.6 Å². The van der Waals surface area contributed by atoms with Crippen molar-refractivity contribution in [2.45, 2.75) is 6.92 Å². The van der Waals surface area contributed by atoms with Gasteiger partial charge in [-0.3, -0.25) is 4.79 Å². The summed E-state index contributed by atoms with van der Waals surface area (Å²) < 4.78 is 30.8. The van der Waals surface area contributed by atoms with Crippen molar-refractivity contribution in [1.29, 1.82) is 0 Å². The zero-order valence-electron chi connectivity index (χ0n) is 12.0. The normalized spacial score (nSPS) is 10.3. The van der Waals surface area contributed by atoms with Gasteiger partial charge in [0.2, 0.25) is 0 Å². The number of hydrogen-bond acceptors (Lipinski definition) is 3. The average molecular weight is 340 g/mol. The summed E-state index contributed by atoms with van der Waals surface area (Å²) in [6, 6.07) is 7.16. The second-order valence-electron chi connectivity index (χ2n) is 4.74. The van der Waals surface area contributed by atoms with Gasteiger partial charge >= 0.3 is 5.97 Å². The summed E-state index contributed by atoms with van der Waals surface area (Å²) in [6.07, 6.45) is 0. The number of carbonyl (C=O) groups excluding carboxylic acids is 2. The molecule has 0 aliphatic rings. The SMILES string of the molecule is Cc1cc(Cl)ccc1NC(=O)COC(=O)c1cc(F)cc(F)c1. The van der Waals surface area contributed by atoms with Crippen molar-refractivity contribution in [2.75, 3.05) is 11.9 Å². The number of benzene rings is 2. The molecule has 4 nitrogen and oxygen atoms in total. The first-order valence-corrected chi connectivity index (χ1v) is 6.92. The molecule has 1 amide bonds. The Bertz CT molecular complexity index is 745. The number of carbonyl (C=O) groups is 2. The number of hydrogen-bond donors (Lipinski definition) is 1. The summed E-state index contributed by atoms with van der Waals surface area (Å²) in [7, 11) is 0. The monoisotopic (exact) mass is 339 g/mol. The molecule has 0 fully saturated rings. The van der Waals surface area contributed by atoms with Crippen LogP contribution in [0.15, 0.2) is 36.4 Å². The van der Waals surface area contributed by atoms with Gasteiger partial charge in [0.05, 0.1) is 5.56 Å². The predicted octanol–water partition coefficient (Wildman–Crippen LogP) is 3.72. The van der Waals surface area contributed by atoms with Crippen LogP contribution in [-0.2, 0) is 9.53 Å². The Hall–Kier alpha value is -2.47. The number of ether oxygens (including phenoxy) is 1. The van der Waals surface area contributed by atoms with E-state index in [-0.39, 0.29) is 5.56 Å². The summed E-state index contributed by atoms with van der Waals surface area (Å²) >= 11 is 5.81. The smallest absolute Gasteiger partial charge is 0.338 e. The van der Waals surface area contributed by atoms with Crippen molar-refractivity contribution in [2.24, 2.45) is 0 Å². The van der Waals surface area contributed by atoms with Crippen LogP contribution in [0.5, 0.6) is 0 Å². The molecule has 120 valence electrons. The number of halogens is 3. The fraction of sp³-hybridized carbons (Fsp3) is 0.125. The van der Waals surface area contributed by atoms with Crippen LogP contribution >= 0.6 is 11.6 Å². The Morgan fingerprint density at radius 2 is 1.78 bits per heavy atom. The van der Waals surface area contributed by atoms with E-state index in [9.17, 15) is 18.4 Å². The van der Waals surface area contributed by atoms with E-state index in [1.54, 1.807) is 25.1 Å². The number of aryl methyl sites for hydroxylation is 1. The molecule has 2 aromatic rings. The maximum Gasteiger partial charge on any atom is 0.338 e. The van der Waals surface area contributed by atoms with E-state index < -0.39 is 30.1 Å². The Balaban J connectivity index is 1.94. The number of rotatable bonds is 4. The minimum Gasteiger partial charge on any atom is -0.452 e. The molecular formula is C16H12ClF2NO3. The van der Waals surface area contributed by atoms with Crippen LogP contribution in [-0.4, -0.2) is 18.5 Å². The third-order valence-electron chi connectivity index (χ3n) is 2.90. The maximum absolute atomic E-state index is 13.0. The lowest BCUT2D eigenvalue weighted by molar-refractivity contribution is -0.119. The van der Waals surface area contributed by atoms with Gasteiger partial charge in [0.1, 0.15) is 11.6 Å². The summed E-state index contributed by atoms with van der Waals surface area (Å²) in [6.45, 7) is 1.17. The Morgan fingerprint density at radius 1 is 1.13 bits per heavy atom. The predicted molar refractivity (Wildman–Crippen MR) is 81.5 cm³/mol. The van der Waals surface area contributed by atoms with Crippen LogP contribution in [0.4, 0.5) is 14.5 Å². The van der Waals surface area contributed by atoms with Gasteiger partial charge in [-0.05, 0) is 42.8 Å². The molecule has 0 unspecified atom stereocenters. The van der Waals surface area contributed by atoms with E-state index in [2.05, 4.69) is 5.32 Å². The van der Waals surface area contributed by atoms with E-state index in [4.69, 9.17) is 16.3 Å². The summed E-state index contributed by atoms with van der Waals surface area (Å²) in [4.78, 5) is 23.4. The first-order chi connectivity index (χ1) is 10.8. The molecule has 0 atom stereocenters. The first-order valence-electron chi connectivity index (χ1n) is 6.54. The molecule has 0 aliphatic heterocycles. The van der Waals surface area contributed by atoms with E-state index in [0.717, 1.165) is 17.7 Å². The second kappa shape index (κ2) is 7.19. The van der Waals surface area contributed by atoms with E-state index in [1.165, 1.54) is 0 Å². The molecule has 0 spiro atoms. The molecule has 2 rings (SSSR count). The molecule has 0 aromatic heterocycles. The highest BCUT2D eigenvalue weighted by atomic mass is 35.5. The van der Waals surface area contributed by atoms with Crippen LogP contribution in [0.3, 0.4) is 0 Å². The Morgan fingerprint density at radius 3 is 2.39 bits per heavy atom. The van der Waals surface area contributed by atoms with E-state index >= 15 is 0 Å². The van der Waals surface area contributed by atoms with Gasteiger partial charge in [-0.15, -0.1) is 0 Å². The lowest BCUT2D eigenvalue weighted by Crippen LogP contribution is -2.21. The Labute approximate surface area is 136 Å². The summed E-state index contributed by atoms with van der Waals surface area (Å²) in [5.74, 6) is -3.39. The molecule has 0 saturated carbocycles. The standard InChI is InChI=1S/C16H12ClF2NO3/c1-9-4-11(17)2-3-14(9)20-15(21)8-23-16(22)10-5-12(18)7-13(19)6-10/h2-7H,8H2,1H3,(H,20,21). The highest BCUT2D eigenvalue weighted by Crippen LogP contribution is 2.19. The molecular weight excluding hydrogens is 328 g/mol. The lowest BCUT2D eigenvalue weighted by atomic mass is 10.2. The molecule has 2 aromatic carbocycles. The zero-order valence-corrected chi connectivity index (χ0v) is 12.8. The largest absolute Gasteiger partial charge is 0.452 e. The number of amides is 1. The fourth-order valence-corrected chi connectivity index (χ4v) is 2.07. The van der Waals surface area contributed by atoms with Crippen molar-refractivity contribution >= 4 is 29.2 Å². The van der Waals surface area contributed by atoms with Crippen molar-refractivity contribution in [3.8, 4) is 0 Å². The van der Waals surface area contributed by atoms with Crippen molar-refractivity contribution in [3.05, 3.63) is 64.2 Å². The fourth-order valence-electron chi connectivity index (χ4n) is 1.84. The first kappa shape index (κ1) is 16.9. The molecule has 0 aliphatic carbocycles. The van der Waals surface area contributed by atoms with Crippen molar-refractivity contribution < 1.29 is 23.1 Å². The van der Waals surface area contributed by atoms with Crippen LogP contribution in [0.25, 0.3) is 0 Å². The van der Waals surface area contributed by atoms with Crippen LogP contribution < -0.4 is 5.32 Å². The van der Waals surface area contributed by atoms with E-state index in [1.807, 2.05) is 0 Å². The molecule has 0 heterocycles. The van der Waals surface area contributed by atoms with Crippen LogP contribution in [0.2, 0.25) is 5.02 Å². The highest BCUT2D eigenvalue weighted by Gasteiger charge is 2.13. The molecule has 1 N–H and O–H groups in total. The van der Waals surface area contributed by atoms with E-state index in [0.29, 0.717) is 16.8 Å². The van der Waals surface area contributed by atoms with Gasteiger partial charge in [-0.1, -0.05) is 11.6 Å². The Kier molecular flexibility index (Phi) is 5.28. The number of esters is 1. The highest BCUT2D eigenvalue weighted by molar-refractivity contribution is 6.30. The molecule has 23 heavy (non-hydrogen) atoms. The van der Waals surface area contributed by atoms with Crippen LogP contribution in [0.1, 0.15) is 15.9 Å². The average Bonchev–Trinajstić information content (AvgIpc) is 2.46. The second-order valence-corrected chi connectivity index (χ2v) is 5.18. The third-order valence-corrected chi connectivity index (χ3v) is 3.13. The lowest BCUT2D eigenvalue weighted by Gasteiger charge is -2.09. The van der Waals surface area contributed by atoms with Gasteiger partial charge in [0.15, 0.2) is 6.61 Å². The minimum atomic E-state index is -0.994. The number of nitrogens with one attached hydrogen (secondary N) is 1. The van der Waals surface area contributed by atoms with Crippen molar-refractivity contribution in [1.82, 2.24) is 0 Å². The summed E-state index contributed by atoms with van der Waals surface area (Å²) in [5.41, 5.74) is 0.953. The maximum atomic E-state index is 13.0. The van der Waals surface area contributed by atoms with Gasteiger partial charge < -0.3 is 10.1 Å². The third kappa shape index (κ3) is 4.75. The quantitative estimate of drug-likeness (QED) is 0.864. The molecule has 0 saturated heterocycles. The van der Waals surface area contributed by atoms with Crippen LogP contribution in [0, 0.1) is 18.6 Å². The van der Waals surface area contributed by atoms with Gasteiger partial charge in [0, 0.05) is 16.8 Å².